The Morgan fingerprint density at radius 3 is 2.77 bits per heavy atom. The smallest absolute Gasteiger partial charge is 0.270 e. The standard InChI is InChI=1S/C20H25N3O3/c1-22-10-2-3-18(22)19(24)23-11-6-20(7-12-23)13-17(15-26-20)25-14-16-4-8-21-9-5-16/h2-5,8-10,17H,6-7,11-15H2,1H3/t17-/m0/s1. The third-order valence-corrected chi connectivity index (χ3v) is 5.53. The second-order valence-electron chi connectivity index (χ2n) is 7.28. The average Bonchev–Trinajstić information content (AvgIpc) is 3.27. The van der Waals surface area contributed by atoms with Gasteiger partial charge in [-0.25, -0.2) is 0 Å². The predicted molar refractivity (Wildman–Crippen MR) is 96.7 cm³/mol. The molecule has 0 saturated carbocycles. The molecule has 1 atom stereocenters. The second kappa shape index (κ2) is 7.21. The lowest BCUT2D eigenvalue weighted by atomic mass is 9.88. The van der Waals surface area contributed by atoms with Gasteiger partial charge in [-0.3, -0.25) is 9.78 Å². The highest BCUT2D eigenvalue weighted by molar-refractivity contribution is 5.92. The summed E-state index contributed by atoms with van der Waals surface area (Å²) in [5.41, 5.74) is 1.74. The fourth-order valence-corrected chi connectivity index (χ4v) is 3.91. The van der Waals surface area contributed by atoms with Crippen molar-refractivity contribution in [3.63, 3.8) is 0 Å². The number of nitrogens with zero attached hydrogens (tertiary/aromatic N) is 3. The molecule has 4 rings (SSSR count). The zero-order valence-electron chi connectivity index (χ0n) is 15.1. The molecule has 0 N–H and O–H groups in total. The Morgan fingerprint density at radius 1 is 1.31 bits per heavy atom. The number of carbonyl (C=O) groups is 1. The number of hydrogen-bond donors (Lipinski definition) is 0. The fraction of sp³-hybridized carbons (Fsp3) is 0.500. The van der Waals surface area contributed by atoms with Crippen molar-refractivity contribution >= 4 is 5.91 Å². The van der Waals surface area contributed by atoms with E-state index in [1.807, 2.05) is 47.0 Å². The summed E-state index contributed by atoms with van der Waals surface area (Å²) in [6, 6.07) is 7.73. The molecule has 2 saturated heterocycles. The zero-order valence-corrected chi connectivity index (χ0v) is 15.1. The quantitative estimate of drug-likeness (QED) is 0.845. The molecular formula is C20H25N3O3. The van der Waals surface area contributed by atoms with Crippen molar-refractivity contribution in [3.8, 4) is 0 Å². The Morgan fingerprint density at radius 2 is 2.08 bits per heavy atom. The molecule has 6 nitrogen and oxygen atoms in total. The lowest BCUT2D eigenvalue weighted by Gasteiger charge is -2.38. The Bertz CT molecular complexity index is 751. The van der Waals surface area contributed by atoms with Gasteiger partial charge < -0.3 is 18.9 Å². The van der Waals surface area contributed by atoms with Crippen LogP contribution in [0.15, 0.2) is 42.9 Å². The van der Waals surface area contributed by atoms with Crippen LogP contribution in [0.5, 0.6) is 0 Å². The van der Waals surface area contributed by atoms with E-state index in [4.69, 9.17) is 9.47 Å². The van der Waals surface area contributed by atoms with Crippen molar-refractivity contribution in [2.24, 2.45) is 7.05 Å². The van der Waals surface area contributed by atoms with E-state index in [0.717, 1.165) is 43.6 Å². The maximum absolute atomic E-state index is 12.6. The van der Waals surface area contributed by atoms with E-state index in [9.17, 15) is 4.79 Å². The lowest BCUT2D eigenvalue weighted by Crippen LogP contribution is -2.47. The van der Waals surface area contributed by atoms with Crippen LogP contribution >= 0.6 is 0 Å². The molecule has 138 valence electrons. The van der Waals surface area contributed by atoms with Gasteiger partial charge in [-0.05, 0) is 42.7 Å². The van der Waals surface area contributed by atoms with Gasteiger partial charge in [0.2, 0.25) is 0 Å². The molecular weight excluding hydrogens is 330 g/mol. The van der Waals surface area contributed by atoms with Crippen molar-refractivity contribution in [1.82, 2.24) is 14.5 Å². The Kier molecular flexibility index (Phi) is 4.78. The SMILES string of the molecule is Cn1cccc1C(=O)N1CCC2(CC1)C[C@H](OCc1ccncc1)CO2. The highest BCUT2D eigenvalue weighted by atomic mass is 16.6. The Labute approximate surface area is 153 Å². The largest absolute Gasteiger partial charge is 0.372 e. The number of ether oxygens (including phenoxy) is 2. The van der Waals surface area contributed by atoms with Crippen molar-refractivity contribution in [3.05, 3.63) is 54.1 Å². The monoisotopic (exact) mass is 355 g/mol. The van der Waals surface area contributed by atoms with E-state index in [1.165, 1.54) is 0 Å². The molecule has 0 unspecified atom stereocenters. The number of carbonyl (C=O) groups excluding carboxylic acids is 1. The van der Waals surface area contributed by atoms with E-state index in [1.54, 1.807) is 12.4 Å². The summed E-state index contributed by atoms with van der Waals surface area (Å²) in [5.74, 6) is 0.107. The number of pyridine rings is 1. The first-order valence-electron chi connectivity index (χ1n) is 9.20. The number of rotatable bonds is 4. The van der Waals surface area contributed by atoms with E-state index in [-0.39, 0.29) is 17.6 Å². The van der Waals surface area contributed by atoms with Gasteiger partial charge in [0.1, 0.15) is 5.69 Å². The van der Waals surface area contributed by atoms with Gasteiger partial charge in [-0.15, -0.1) is 0 Å². The molecule has 2 aromatic heterocycles. The molecule has 0 radical (unpaired) electrons. The summed E-state index contributed by atoms with van der Waals surface area (Å²) in [6.07, 6.45) is 8.25. The van der Waals surface area contributed by atoms with Crippen LogP contribution in [0.3, 0.4) is 0 Å². The van der Waals surface area contributed by atoms with Crippen LogP contribution in [0.25, 0.3) is 0 Å². The fourth-order valence-electron chi connectivity index (χ4n) is 3.91. The van der Waals surface area contributed by atoms with Gasteiger partial charge in [0.05, 0.1) is 24.9 Å². The van der Waals surface area contributed by atoms with Gasteiger partial charge in [0.25, 0.3) is 5.91 Å². The summed E-state index contributed by atoms with van der Waals surface area (Å²) in [6.45, 7) is 2.70. The first-order chi connectivity index (χ1) is 12.7. The van der Waals surface area contributed by atoms with Crippen LogP contribution in [0.2, 0.25) is 0 Å². The molecule has 1 spiro atoms. The second-order valence-corrected chi connectivity index (χ2v) is 7.28. The minimum atomic E-state index is -0.131. The Hall–Kier alpha value is -2.18. The molecule has 1 amide bonds. The van der Waals surface area contributed by atoms with Crippen LogP contribution in [0.1, 0.15) is 35.3 Å². The van der Waals surface area contributed by atoms with Gasteiger partial charge >= 0.3 is 0 Å². The average molecular weight is 355 g/mol. The van der Waals surface area contributed by atoms with Gasteiger partial charge in [-0.1, -0.05) is 0 Å². The van der Waals surface area contributed by atoms with Gasteiger partial charge in [0.15, 0.2) is 0 Å². The zero-order chi connectivity index (χ0) is 18.0. The molecule has 0 aromatic carbocycles. The summed E-state index contributed by atoms with van der Waals surface area (Å²) < 4.78 is 14.0. The van der Waals surface area contributed by atoms with Crippen molar-refractivity contribution in [2.75, 3.05) is 19.7 Å². The maximum Gasteiger partial charge on any atom is 0.270 e. The summed E-state index contributed by atoms with van der Waals surface area (Å²) in [5, 5.41) is 0. The van der Waals surface area contributed by atoms with Crippen molar-refractivity contribution in [1.29, 1.82) is 0 Å². The number of aryl methyl sites for hydroxylation is 1. The topological polar surface area (TPSA) is 56.6 Å². The number of amides is 1. The Balaban J connectivity index is 1.29. The minimum Gasteiger partial charge on any atom is -0.372 e. The van der Waals surface area contributed by atoms with Crippen molar-refractivity contribution in [2.45, 2.75) is 37.6 Å². The van der Waals surface area contributed by atoms with Crippen LogP contribution in [0.4, 0.5) is 0 Å². The van der Waals surface area contributed by atoms with Crippen LogP contribution in [-0.4, -0.2) is 51.8 Å². The number of piperidine rings is 1. The molecule has 2 fully saturated rings. The van der Waals surface area contributed by atoms with E-state index < -0.39 is 0 Å². The third kappa shape index (κ3) is 3.52. The molecule has 26 heavy (non-hydrogen) atoms. The van der Waals surface area contributed by atoms with Crippen LogP contribution in [-0.2, 0) is 23.1 Å². The molecule has 0 bridgehead atoms. The van der Waals surface area contributed by atoms with Crippen LogP contribution < -0.4 is 0 Å². The minimum absolute atomic E-state index is 0.107. The molecule has 0 aliphatic carbocycles. The van der Waals surface area contributed by atoms with Gasteiger partial charge in [-0.2, -0.15) is 0 Å². The molecule has 2 aliphatic heterocycles. The summed E-state index contributed by atoms with van der Waals surface area (Å²) >= 11 is 0. The number of likely N-dealkylation sites (tertiary alicyclic amines) is 1. The highest BCUT2D eigenvalue weighted by Crippen LogP contribution is 2.37. The molecule has 6 heteroatoms. The van der Waals surface area contributed by atoms with Crippen molar-refractivity contribution < 1.29 is 14.3 Å². The first-order valence-corrected chi connectivity index (χ1v) is 9.20. The van der Waals surface area contributed by atoms with E-state index >= 15 is 0 Å². The third-order valence-electron chi connectivity index (χ3n) is 5.53. The molecule has 2 aliphatic rings. The lowest BCUT2D eigenvalue weighted by molar-refractivity contribution is -0.0413. The van der Waals surface area contributed by atoms with Crippen LogP contribution in [0, 0.1) is 0 Å². The highest BCUT2D eigenvalue weighted by Gasteiger charge is 2.44. The van der Waals surface area contributed by atoms with Gasteiger partial charge in [0, 0.05) is 45.1 Å². The molecule has 2 aromatic rings. The predicted octanol–water partition coefficient (Wildman–Crippen LogP) is 2.40. The summed E-state index contributed by atoms with van der Waals surface area (Å²) in [4.78, 5) is 18.6. The molecule has 4 heterocycles. The van der Waals surface area contributed by atoms with E-state index in [0.29, 0.717) is 13.2 Å². The first kappa shape index (κ1) is 17.2. The summed E-state index contributed by atoms with van der Waals surface area (Å²) in [7, 11) is 1.91. The van der Waals surface area contributed by atoms with E-state index in [2.05, 4.69) is 4.98 Å². The number of hydrogen-bond acceptors (Lipinski definition) is 4. The maximum atomic E-state index is 12.6. The normalized spacial score (nSPS) is 22.0. The number of aromatic nitrogens is 2.